The number of nitrogens with one attached hydrogen (secondary N) is 1. The Labute approximate surface area is 146 Å². The van der Waals surface area contributed by atoms with Crippen molar-refractivity contribution >= 4 is 29.1 Å². The first-order valence-corrected chi connectivity index (χ1v) is 8.12. The number of carbonyl (C=O) groups excluding carboxylic acids is 1. The van der Waals surface area contributed by atoms with Gasteiger partial charge in [0.15, 0.2) is 0 Å². The molecule has 0 saturated heterocycles. The summed E-state index contributed by atoms with van der Waals surface area (Å²) in [4.78, 5) is 12.5. The molecular weight excluding hydrogens is 333 g/mol. The maximum absolute atomic E-state index is 12.5. The van der Waals surface area contributed by atoms with Gasteiger partial charge < -0.3 is 10.1 Å². The Morgan fingerprint density at radius 2 is 1.96 bits per heavy atom. The molecule has 23 heavy (non-hydrogen) atoms. The van der Waals surface area contributed by atoms with Gasteiger partial charge in [-0.3, -0.25) is 4.79 Å². The van der Waals surface area contributed by atoms with Gasteiger partial charge in [-0.2, -0.15) is 0 Å². The lowest BCUT2D eigenvalue weighted by Crippen LogP contribution is -2.28. The lowest BCUT2D eigenvalue weighted by molar-refractivity contribution is 0.0935. The monoisotopic (exact) mass is 351 g/mol. The zero-order chi connectivity index (χ0) is 17.0. The number of aryl methyl sites for hydroxylation is 1. The van der Waals surface area contributed by atoms with Gasteiger partial charge in [-0.15, -0.1) is 0 Å². The molecule has 0 radical (unpaired) electrons. The molecule has 5 heteroatoms. The molecular formula is C18H19Cl2NO2. The van der Waals surface area contributed by atoms with E-state index in [2.05, 4.69) is 5.32 Å². The highest BCUT2D eigenvalue weighted by molar-refractivity contribution is 6.36. The van der Waals surface area contributed by atoms with Crippen molar-refractivity contribution in [2.75, 3.05) is 7.11 Å². The van der Waals surface area contributed by atoms with Crippen molar-refractivity contribution in [3.63, 3.8) is 0 Å². The third kappa shape index (κ3) is 4.18. The summed E-state index contributed by atoms with van der Waals surface area (Å²) >= 11 is 12.0. The maximum Gasteiger partial charge on any atom is 0.253 e. The summed E-state index contributed by atoms with van der Waals surface area (Å²) in [7, 11) is 1.64. The van der Waals surface area contributed by atoms with Crippen molar-refractivity contribution in [2.24, 2.45) is 0 Å². The van der Waals surface area contributed by atoms with Gasteiger partial charge in [-0.25, -0.2) is 0 Å². The quantitative estimate of drug-likeness (QED) is 0.804. The van der Waals surface area contributed by atoms with E-state index < -0.39 is 0 Å². The van der Waals surface area contributed by atoms with Crippen molar-refractivity contribution in [2.45, 2.75) is 26.3 Å². The Morgan fingerprint density at radius 1 is 1.22 bits per heavy atom. The Kier molecular flexibility index (Phi) is 5.91. The Bertz CT molecular complexity index is 716. The van der Waals surface area contributed by atoms with E-state index in [4.69, 9.17) is 27.9 Å². The van der Waals surface area contributed by atoms with Crippen LogP contribution in [0.5, 0.6) is 5.75 Å². The lowest BCUT2D eigenvalue weighted by Gasteiger charge is -2.19. The summed E-state index contributed by atoms with van der Waals surface area (Å²) in [5, 5.41) is 3.86. The number of carbonyl (C=O) groups is 1. The summed E-state index contributed by atoms with van der Waals surface area (Å²) in [5.41, 5.74) is 2.48. The SMILES string of the molecule is CC[C@@H](NC(=O)c1ccc(Cl)cc1Cl)c1ccc(OC)c(C)c1. The number of benzene rings is 2. The number of methoxy groups -OCH3 is 1. The molecule has 0 aliphatic rings. The molecule has 2 rings (SSSR count). The third-order valence-electron chi connectivity index (χ3n) is 3.71. The van der Waals surface area contributed by atoms with Crippen LogP contribution in [0.3, 0.4) is 0 Å². The van der Waals surface area contributed by atoms with Crippen LogP contribution in [-0.2, 0) is 0 Å². The number of ether oxygens (including phenoxy) is 1. The first kappa shape index (κ1) is 17.6. The van der Waals surface area contributed by atoms with Gasteiger partial charge in [0, 0.05) is 5.02 Å². The van der Waals surface area contributed by atoms with Gasteiger partial charge in [-0.1, -0.05) is 42.3 Å². The fourth-order valence-electron chi connectivity index (χ4n) is 2.45. The number of halogens is 2. The van der Waals surface area contributed by atoms with Crippen molar-refractivity contribution in [1.82, 2.24) is 5.32 Å². The second-order valence-corrected chi connectivity index (χ2v) is 6.13. The molecule has 0 bridgehead atoms. The van der Waals surface area contributed by atoms with Crippen LogP contribution in [0.25, 0.3) is 0 Å². The van der Waals surface area contributed by atoms with Crippen LogP contribution in [0.2, 0.25) is 10.0 Å². The minimum absolute atomic E-state index is 0.0983. The molecule has 1 atom stereocenters. The summed E-state index contributed by atoms with van der Waals surface area (Å²) < 4.78 is 5.27. The minimum atomic E-state index is -0.216. The van der Waals surface area contributed by atoms with Crippen LogP contribution >= 0.6 is 23.2 Å². The molecule has 122 valence electrons. The van der Waals surface area contributed by atoms with Crippen LogP contribution in [0, 0.1) is 6.92 Å². The molecule has 0 unspecified atom stereocenters. The van der Waals surface area contributed by atoms with E-state index in [1.165, 1.54) is 0 Å². The molecule has 2 aromatic rings. The molecule has 0 spiro atoms. The van der Waals surface area contributed by atoms with E-state index in [1.807, 2.05) is 32.0 Å². The zero-order valence-electron chi connectivity index (χ0n) is 13.3. The van der Waals surface area contributed by atoms with Gasteiger partial charge in [0.1, 0.15) is 5.75 Å². The molecule has 0 fully saturated rings. The number of hydrogen-bond acceptors (Lipinski definition) is 2. The standard InChI is InChI=1S/C18H19Cl2NO2/c1-4-16(12-5-8-17(23-3)11(2)9-12)21-18(22)14-7-6-13(19)10-15(14)20/h5-10,16H,4H2,1-3H3,(H,21,22)/t16-/m1/s1. The van der Waals surface area contributed by atoms with Crippen molar-refractivity contribution in [3.05, 3.63) is 63.1 Å². The Hall–Kier alpha value is -1.71. The first-order valence-electron chi connectivity index (χ1n) is 7.36. The van der Waals surface area contributed by atoms with Crippen LogP contribution < -0.4 is 10.1 Å². The van der Waals surface area contributed by atoms with E-state index in [9.17, 15) is 4.79 Å². The lowest BCUT2D eigenvalue weighted by atomic mass is 10.0. The first-order chi connectivity index (χ1) is 11.0. The molecule has 0 aliphatic heterocycles. The fourth-order valence-corrected chi connectivity index (χ4v) is 2.94. The van der Waals surface area contributed by atoms with E-state index in [0.29, 0.717) is 15.6 Å². The topological polar surface area (TPSA) is 38.3 Å². The highest BCUT2D eigenvalue weighted by Crippen LogP contribution is 2.26. The summed E-state index contributed by atoms with van der Waals surface area (Å²) in [6.07, 6.45) is 0.767. The van der Waals surface area contributed by atoms with Crippen LogP contribution in [-0.4, -0.2) is 13.0 Å². The predicted molar refractivity (Wildman–Crippen MR) is 94.7 cm³/mol. The molecule has 3 nitrogen and oxygen atoms in total. The van der Waals surface area contributed by atoms with E-state index in [1.54, 1.807) is 25.3 Å². The van der Waals surface area contributed by atoms with Gasteiger partial charge in [-0.05, 0) is 48.7 Å². The predicted octanol–water partition coefficient (Wildman–Crippen LogP) is 5.19. The third-order valence-corrected chi connectivity index (χ3v) is 4.26. The van der Waals surface area contributed by atoms with Crippen LogP contribution in [0.15, 0.2) is 36.4 Å². The molecule has 0 heterocycles. The van der Waals surface area contributed by atoms with Gasteiger partial charge in [0.25, 0.3) is 5.91 Å². The number of amides is 1. The second kappa shape index (κ2) is 7.71. The summed E-state index contributed by atoms with van der Waals surface area (Å²) in [6.45, 7) is 4.00. The summed E-state index contributed by atoms with van der Waals surface area (Å²) in [6, 6.07) is 10.7. The van der Waals surface area contributed by atoms with Gasteiger partial charge >= 0.3 is 0 Å². The van der Waals surface area contributed by atoms with Crippen LogP contribution in [0.4, 0.5) is 0 Å². The zero-order valence-corrected chi connectivity index (χ0v) is 14.8. The van der Waals surface area contributed by atoms with Crippen molar-refractivity contribution in [3.8, 4) is 5.75 Å². The van der Waals surface area contributed by atoms with E-state index in [0.717, 1.165) is 23.3 Å². The van der Waals surface area contributed by atoms with Crippen molar-refractivity contribution < 1.29 is 9.53 Å². The molecule has 0 saturated carbocycles. The van der Waals surface area contributed by atoms with E-state index >= 15 is 0 Å². The van der Waals surface area contributed by atoms with Gasteiger partial charge in [0.05, 0.1) is 23.7 Å². The number of hydrogen-bond donors (Lipinski definition) is 1. The van der Waals surface area contributed by atoms with Crippen LogP contribution in [0.1, 0.15) is 40.9 Å². The summed E-state index contributed by atoms with van der Waals surface area (Å²) in [5.74, 6) is 0.614. The number of rotatable bonds is 5. The molecule has 2 aromatic carbocycles. The Balaban J connectivity index is 2.21. The largest absolute Gasteiger partial charge is 0.496 e. The highest BCUT2D eigenvalue weighted by Gasteiger charge is 2.17. The maximum atomic E-state index is 12.5. The average molecular weight is 352 g/mol. The average Bonchev–Trinajstić information content (AvgIpc) is 2.52. The molecule has 1 N–H and O–H groups in total. The normalized spacial score (nSPS) is 11.9. The smallest absolute Gasteiger partial charge is 0.253 e. The minimum Gasteiger partial charge on any atom is -0.496 e. The molecule has 0 aliphatic carbocycles. The second-order valence-electron chi connectivity index (χ2n) is 5.29. The van der Waals surface area contributed by atoms with Crippen molar-refractivity contribution in [1.29, 1.82) is 0 Å². The molecule has 1 amide bonds. The van der Waals surface area contributed by atoms with Gasteiger partial charge in [0.2, 0.25) is 0 Å². The van der Waals surface area contributed by atoms with E-state index in [-0.39, 0.29) is 11.9 Å². The Morgan fingerprint density at radius 3 is 2.52 bits per heavy atom. The molecule has 0 aromatic heterocycles. The highest BCUT2D eigenvalue weighted by atomic mass is 35.5. The fraction of sp³-hybridized carbons (Fsp3) is 0.278.